The highest BCUT2D eigenvalue weighted by Crippen LogP contribution is 2.25. The van der Waals surface area contributed by atoms with Crippen LogP contribution in [0.25, 0.3) is 11.3 Å². The lowest BCUT2D eigenvalue weighted by Gasteiger charge is -2.31. The second kappa shape index (κ2) is 7.46. The van der Waals surface area contributed by atoms with Gasteiger partial charge in [-0.3, -0.25) is 9.48 Å². The van der Waals surface area contributed by atoms with Crippen LogP contribution in [0.15, 0.2) is 41.1 Å². The van der Waals surface area contributed by atoms with Crippen LogP contribution in [0.1, 0.15) is 29.0 Å². The molecule has 0 saturated carbocycles. The van der Waals surface area contributed by atoms with Gasteiger partial charge in [0, 0.05) is 44.7 Å². The summed E-state index contributed by atoms with van der Waals surface area (Å²) in [5.41, 5.74) is 2.01. The van der Waals surface area contributed by atoms with Crippen LogP contribution in [0.2, 0.25) is 0 Å². The van der Waals surface area contributed by atoms with Gasteiger partial charge in [-0.05, 0) is 19.1 Å². The molecule has 146 valence electrons. The first-order chi connectivity index (χ1) is 13.5. The predicted octanol–water partition coefficient (Wildman–Crippen LogP) is 3.21. The minimum absolute atomic E-state index is 0.119. The van der Waals surface area contributed by atoms with E-state index in [-0.39, 0.29) is 29.3 Å². The fraction of sp³-hybridized carbons (Fsp3) is 0.350. The molecule has 7 nitrogen and oxygen atoms in total. The Hall–Kier alpha value is -3.16. The van der Waals surface area contributed by atoms with Gasteiger partial charge in [0.05, 0.1) is 11.8 Å². The molecule has 1 fully saturated rings. The van der Waals surface area contributed by atoms with Crippen molar-refractivity contribution >= 4 is 5.91 Å². The van der Waals surface area contributed by atoms with Gasteiger partial charge in [0.1, 0.15) is 6.10 Å². The van der Waals surface area contributed by atoms with E-state index < -0.39 is 0 Å². The Morgan fingerprint density at radius 1 is 1.29 bits per heavy atom. The van der Waals surface area contributed by atoms with Gasteiger partial charge in [-0.2, -0.15) is 5.10 Å². The molecule has 1 saturated heterocycles. The Morgan fingerprint density at radius 3 is 2.71 bits per heavy atom. The lowest BCUT2D eigenvalue weighted by atomic mass is 10.1. The van der Waals surface area contributed by atoms with Crippen molar-refractivity contribution in [2.75, 3.05) is 13.1 Å². The molecule has 1 aliphatic rings. The average molecular weight is 384 g/mol. The van der Waals surface area contributed by atoms with E-state index >= 15 is 0 Å². The molecule has 0 spiro atoms. The number of nitrogens with zero attached hydrogens (tertiary/aromatic N) is 4. The number of halogens is 1. The van der Waals surface area contributed by atoms with Gasteiger partial charge in [-0.25, -0.2) is 4.39 Å². The maximum Gasteiger partial charge on any atom is 0.276 e. The van der Waals surface area contributed by atoms with Crippen LogP contribution in [0.4, 0.5) is 4.39 Å². The molecule has 0 atom stereocenters. The zero-order valence-corrected chi connectivity index (χ0v) is 15.8. The molecule has 1 aliphatic heterocycles. The zero-order valence-electron chi connectivity index (χ0n) is 15.8. The summed E-state index contributed by atoms with van der Waals surface area (Å²) in [4.78, 5) is 14.5. The molecule has 0 bridgehead atoms. The largest absolute Gasteiger partial charge is 0.487 e. The van der Waals surface area contributed by atoms with Gasteiger partial charge >= 0.3 is 0 Å². The summed E-state index contributed by atoms with van der Waals surface area (Å²) in [6, 6.07) is 8.00. The average Bonchev–Trinajstić information content (AvgIpc) is 3.31. The maximum absolute atomic E-state index is 13.7. The first-order valence-corrected chi connectivity index (χ1v) is 9.19. The van der Waals surface area contributed by atoms with Crippen molar-refractivity contribution in [3.8, 4) is 17.1 Å². The number of ether oxygens (including phenoxy) is 1. The highest BCUT2D eigenvalue weighted by Gasteiger charge is 2.27. The Labute approximate surface area is 161 Å². The minimum atomic E-state index is -0.373. The van der Waals surface area contributed by atoms with Crippen LogP contribution in [0, 0.1) is 12.7 Å². The van der Waals surface area contributed by atoms with Gasteiger partial charge in [0.2, 0.25) is 0 Å². The first-order valence-electron chi connectivity index (χ1n) is 9.19. The molecule has 0 radical (unpaired) electrons. The van der Waals surface area contributed by atoms with Crippen molar-refractivity contribution in [1.82, 2.24) is 19.8 Å². The maximum atomic E-state index is 13.7. The van der Waals surface area contributed by atoms with E-state index in [4.69, 9.17) is 9.26 Å². The monoisotopic (exact) mass is 384 g/mol. The summed E-state index contributed by atoms with van der Waals surface area (Å²) in [6.45, 7) is 2.96. The highest BCUT2D eigenvalue weighted by molar-refractivity contribution is 5.93. The normalized spacial score (nSPS) is 15.0. The third kappa shape index (κ3) is 3.49. The number of aromatic nitrogens is 3. The minimum Gasteiger partial charge on any atom is -0.487 e. The number of hydrogen-bond donors (Lipinski definition) is 0. The zero-order chi connectivity index (χ0) is 19.7. The summed E-state index contributed by atoms with van der Waals surface area (Å²) in [5, 5.41) is 8.11. The van der Waals surface area contributed by atoms with Crippen LogP contribution in [-0.4, -0.2) is 44.9 Å². The van der Waals surface area contributed by atoms with Crippen molar-refractivity contribution in [3.05, 3.63) is 53.7 Å². The van der Waals surface area contributed by atoms with Gasteiger partial charge < -0.3 is 14.2 Å². The van der Waals surface area contributed by atoms with E-state index in [9.17, 15) is 9.18 Å². The predicted molar refractivity (Wildman–Crippen MR) is 99.4 cm³/mol. The van der Waals surface area contributed by atoms with Crippen molar-refractivity contribution in [3.63, 3.8) is 0 Å². The SMILES string of the molecule is Cc1c(-c2cc(C(=O)N3CCC(Oc4ccccc4F)CC3)no2)cnn1C. The summed E-state index contributed by atoms with van der Waals surface area (Å²) >= 11 is 0. The summed E-state index contributed by atoms with van der Waals surface area (Å²) in [7, 11) is 1.84. The van der Waals surface area contributed by atoms with Crippen molar-refractivity contribution in [1.29, 1.82) is 0 Å². The van der Waals surface area contributed by atoms with Crippen molar-refractivity contribution in [2.45, 2.75) is 25.9 Å². The molecule has 2 aromatic heterocycles. The number of carbonyl (C=O) groups excluding carboxylic acids is 1. The van der Waals surface area contributed by atoms with Crippen LogP contribution in [0.5, 0.6) is 5.75 Å². The number of likely N-dealkylation sites (tertiary alicyclic amines) is 1. The standard InChI is InChI=1S/C20H21FN4O3/c1-13-15(12-22-24(13)2)19-11-17(23-28-19)20(26)25-9-7-14(8-10-25)27-18-6-4-3-5-16(18)21/h3-6,11-12,14H,7-10H2,1-2H3. The Bertz CT molecular complexity index is 989. The molecular weight excluding hydrogens is 363 g/mol. The van der Waals surface area contributed by atoms with E-state index in [0.29, 0.717) is 31.7 Å². The third-order valence-electron chi connectivity index (χ3n) is 5.09. The Balaban J connectivity index is 1.38. The molecule has 28 heavy (non-hydrogen) atoms. The lowest BCUT2D eigenvalue weighted by molar-refractivity contribution is 0.0579. The van der Waals surface area contributed by atoms with E-state index in [1.165, 1.54) is 6.07 Å². The third-order valence-corrected chi connectivity index (χ3v) is 5.09. The Morgan fingerprint density at radius 2 is 2.04 bits per heavy atom. The Kier molecular flexibility index (Phi) is 4.85. The molecule has 1 aromatic carbocycles. The van der Waals surface area contributed by atoms with Gasteiger partial charge in [-0.1, -0.05) is 17.3 Å². The smallest absolute Gasteiger partial charge is 0.276 e. The summed E-state index contributed by atoms with van der Waals surface area (Å²) in [5.74, 6) is 0.217. The number of carbonyl (C=O) groups is 1. The molecule has 3 aromatic rings. The molecule has 4 rings (SSSR count). The highest BCUT2D eigenvalue weighted by atomic mass is 19.1. The molecule has 0 unspecified atom stereocenters. The second-order valence-corrected chi connectivity index (χ2v) is 6.88. The van der Waals surface area contributed by atoms with Crippen molar-refractivity contribution < 1.29 is 18.4 Å². The number of benzene rings is 1. The summed E-state index contributed by atoms with van der Waals surface area (Å²) in [6.07, 6.45) is 2.83. The lowest BCUT2D eigenvalue weighted by Crippen LogP contribution is -2.42. The molecule has 1 amide bonds. The number of rotatable bonds is 4. The number of piperidine rings is 1. The van der Waals surface area contributed by atoms with Crippen LogP contribution in [-0.2, 0) is 7.05 Å². The fourth-order valence-electron chi connectivity index (χ4n) is 3.30. The van der Waals surface area contributed by atoms with E-state index in [0.717, 1.165) is 11.3 Å². The van der Waals surface area contributed by atoms with Gasteiger partial charge in [0.15, 0.2) is 23.0 Å². The first kappa shape index (κ1) is 18.2. The van der Waals surface area contributed by atoms with E-state index in [1.807, 2.05) is 14.0 Å². The fourth-order valence-corrected chi connectivity index (χ4v) is 3.30. The second-order valence-electron chi connectivity index (χ2n) is 6.88. The molecular formula is C20H21FN4O3. The summed E-state index contributed by atoms with van der Waals surface area (Å²) < 4.78 is 26.6. The van der Waals surface area contributed by atoms with E-state index in [2.05, 4.69) is 10.3 Å². The van der Waals surface area contributed by atoms with Gasteiger partial charge in [-0.15, -0.1) is 0 Å². The van der Waals surface area contributed by atoms with Crippen molar-refractivity contribution in [2.24, 2.45) is 7.05 Å². The van der Waals surface area contributed by atoms with Crippen LogP contribution < -0.4 is 4.74 Å². The number of para-hydroxylation sites is 1. The topological polar surface area (TPSA) is 73.4 Å². The number of hydrogen-bond acceptors (Lipinski definition) is 5. The molecule has 8 heteroatoms. The van der Waals surface area contributed by atoms with E-state index in [1.54, 1.807) is 40.0 Å². The molecule has 0 N–H and O–H groups in total. The number of amides is 1. The van der Waals surface area contributed by atoms with Gasteiger partial charge in [0.25, 0.3) is 5.91 Å². The number of aryl methyl sites for hydroxylation is 1. The quantitative estimate of drug-likeness (QED) is 0.691. The van der Waals surface area contributed by atoms with Crippen LogP contribution >= 0.6 is 0 Å². The molecule has 0 aliphatic carbocycles. The molecule has 3 heterocycles. The van der Waals surface area contributed by atoms with Crippen LogP contribution in [0.3, 0.4) is 0 Å².